The summed E-state index contributed by atoms with van der Waals surface area (Å²) in [6, 6.07) is 0. The Hall–Kier alpha value is -0.650. The fourth-order valence-corrected chi connectivity index (χ4v) is 0.851. The molecule has 0 aromatic heterocycles. The van der Waals surface area contributed by atoms with Crippen molar-refractivity contribution >= 4 is 5.91 Å². The standard InChI is InChI=1S/C8H18N2O3/c1-3-12-8(13-4-2)6-10-5-7(9)11/h8,10H,3-6H2,1-2H3,(H2,9,11). The largest absolute Gasteiger partial charge is 0.369 e. The van der Waals surface area contributed by atoms with E-state index in [1.165, 1.54) is 0 Å². The second kappa shape index (κ2) is 7.97. The van der Waals surface area contributed by atoms with Gasteiger partial charge in [-0.2, -0.15) is 0 Å². The minimum atomic E-state index is -0.383. The minimum Gasteiger partial charge on any atom is -0.369 e. The Labute approximate surface area is 78.6 Å². The molecule has 78 valence electrons. The molecule has 13 heavy (non-hydrogen) atoms. The van der Waals surface area contributed by atoms with Gasteiger partial charge in [0.15, 0.2) is 6.29 Å². The van der Waals surface area contributed by atoms with Crippen molar-refractivity contribution in [3.8, 4) is 0 Å². The summed E-state index contributed by atoms with van der Waals surface area (Å²) < 4.78 is 10.5. The zero-order valence-corrected chi connectivity index (χ0v) is 8.21. The van der Waals surface area contributed by atoms with Crippen LogP contribution in [0.5, 0.6) is 0 Å². The van der Waals surface area contributed by atoms with Gasteiger partial charge in [0.05, 0.1) is 6.54 Å². The molecule has 0 saturated carbocycles. The second-order valence-corrected chi connectivity index (χ2v) is 2.44. The van der Waals surface area contributed by atoms with Crippen molar-refractivity contribution in [2.24, 2.45) is 5.73 Å². The van der Waals surface area contributed by atoms with Crippen molar-refractivity contribution in [2.45, 2.75) is 20.1 Å². The molecule has 0 spiro atoms. The molecule has 0 aliphatic carbocycles. The molecular weight excluding hydrogens is 172 g/mol. The molecule has 0 rings (SSSR count). The van der Waals surface area contributed by atoms with Gasteiger partial charge in [0.25, 0.3) is 0 Å². The van der Waals surface area contributed by atoms with Crippen LogP contribution in [-0.2, 0) is 14.3 Å². The van der Waals surface area contributed by atoms with Crippen LogP contribution < -0.4 is 11.1 Å². The topological polar surface area (TPSA) is 73.6 Å². The molecular formula is C8H18N2O3. The maximum absolute atomic E-state index is 10.4. The average Bonchev–Trinajstić information content (AvgIpc) is 2.04. The fourth-order valence-electron chi connectivity index (χ4n) is 0.851. The highest BCUT2D eigenvalue weighted by atomic mass is 16.7. The Kier molecular flexibility index (Phi) is 7.57. The highest BCUT2D eigenvalue weighted by molar-refractivity contribution is 5.75. The van der Waals surface area contributed by atoms with Gasteiger partial charge in [0.2, 0.25) is 5.91 Å². The Morgan fingerprint density at radius 2 is 1.92 bits per heavy atom. The summed E-state index contributed by atoms with van der Waals surface area (Å²) in [7, 11) is 0. The summed E-state index contributed by atoms with van der Waals surface area (Å²) in [6.07, 6.45) is -0.297. The SMILES string of the molecule is CCOC(CNCC(N)=O)OCC. The van der Waals surface area contributed by atoms with E-state index in [0.717, 1.165) is 0 Å². The summed E-state index contributed by atoms with van der Waals surface area (Å²) >= 11 is 0. The third kappa shape index (κ3) is 7.70. The van der Waals surface area contributed by atoms with Gasteiger partial charge in [0.1, 0.15) is 0 Å². The van der Waals surface area contributed by atoms with Crippen LogP contribution in [0.1, 0.15) is 13.8 Å². The first-order valence-corrected chi connectivity index (χ1v) is 4.42. The number of hydrogen-bond donors (Lipinski definition) is 2. The first-order valence-electron chi connectivity index (χ1n) is 4.42. The molecule has 0 bridgehead atoms. The predicted molar refractivity (Wildman–Crippen MR) is 49.1 cm³/mol. The summed E-state index contributed by atoms with van der Waals surface area (Å²) in [5.41, 5.74) is 4.94. The van der Waals surface area contributed by atoms with Gasteiger partial charge in [-0.05, 0) is 13.8 Å². The van der Waals surface area contributed by atoms with Gasteiger partial charge < -0.3 is 20.5 Å². The molecule has 0 aliphatic heterocycles. The first-order chi connectivity index (χ1) is 6.20. The lowest BCUT2D eigenvalue weighted by atomic mass is 10.5. The van der Waals surface area contributed by atoms with E-state index in [2.05, 4.69) is 5.32 Å². The number of carbonyl (C=O) groups is 1. The van der Waals surface area contributed by atoms with Crippen LogP contribution in [0.3, 0.4) is 0 Å². The number of amides is 1. The van der Waals surface area contributed by atoms with Crippen molar-refractivity contribution in [1.82, 2.24) is 5.32 Å². The molecule has 0 aromatic rings. The molecule has 0 saturated heterocycles. The number of rotatable bonds is 8. The molecule has 0 aliphatic rings. The van der Waals surface area contributed by atoms with Crippen LogP contribution >= 0.6 is 0 Å². The average molecular weight is 190 g/mol. The zero-order chi connectivity index (χ0) is 10.1. The molecule has 0 fully saturated rings. The third-order valence-electron chi connectivity index (χ3n) is 1.32. The lowest BCUT2D eigenvalue weighted by molar-refractivity contribution is -0.133. The number of nitrogens with one attached hydrogen (secondary N) is 1. The van der Waals surface area contributed by atoms with Gasteiger partial charge in [-0.15, -0.1) is 0 Å². The zero-order valence-electron chi connectivity index (χ0n) is 8.21. The van der Waals surface area contributed by atoms with E-state index in [0.29, 0.717) is 19.8 Å². The van der Waals surface area contributed by atoms with Crippen LogP contribution in [0.2, 0.25) is 0 Å². The van der Waals surface area contributed by atoms with Crippen LogP contribution in [0.25, 0.3) is 0 Å². The van der Waals surface area contributed by atoms with Gasteiger partial charge in [-0.3, -0.25) is 4.79 Å². The van der Waals surface area contributed by atoms with E-state index in [9.17, 15) is 4.79 Å². The van der Waals surface area contributed by atoms with Gasteiger partial charge in [0, 0.05) is 19.8 Å². The van der Waals surface area contributed by atoms with E-state index >= 15 is 0 Å². The monoisotopic (exact) mass is 190 g/mol. The van der Waals surface area contributed by atoms with E-state index in [-0.39, 0.29) is 18.7 Å². The number of hydrogen-bond acceptors (Lipinski definition) is 4. The van der Waals surface area contributed by atoms with Crippen LogP contribution in [0.15, 0.2) is 0 Å². The maximum atomic E-state index is 10.4. The van der Waals surface area contributed by atoms with Crippen molar-refractivity contribution in [3.63, 3.8) is 0 Å². The third-order valence-corrected chi connectivity index (χ3v) is 1.32. The molecule has 0 unspecified atom stereocenters. The van der Waals surface area contributed by atoms with Crippen LogP contribution in [0, 0.1) is 0 Å². The maximum Gasteiger partial charge on any atom is 0.231 e. The van der Waals surface area contributed by atoms with Crippen molar-refractivity contribution in [3.05, 3.63) is 0 Å². The Bertz CT molecular complexity index is 135. The van der Waals surface area contributed by atoms with Crippen LogP contribution in [-0.4, -0.2) is 38.5 Å². The van der Waals surface area contributed by atoms with Crippen LogP contribution in [0.4, 0.5) is 0 Å². The fraction of sp³-hybridized carbons (Fsp3) is 0.875. The first kappa shape index (κ1) is 12.3. The van der Waals surface area contributed by atoms with Gasteiger partial charge in [-0.25, -0.2) is 0 Å². The van der Waals surface area contributed by atoms with Gasteiger partial charge >= 0.3 is 0 Å². The number of primary amides is 1. The molecule has 3 N–H and O–H groups in total. The highest BCUT2D eigenvalue weighted by Gasteiger charge is 2.06. The molecule has 1 amide bonds. The molecule has 5 heteroatoms. The lowest BCUT2D eigenvalue weighted by Gasteiger charge is -2.16. The van der Waals surface area contributed by atoms with Crippen molar-refractivity contribution in [1.29, 1.82) is 0 Å². The Morgan fingerprint density at radius 1 is 1.38 bits per heavy atom. The van der Waals surface area contributed by atoms with E-state index < -0.39 is 0 Å². The summed E-state index contributed by atoms with van der Waals surface area (Å²) in [5.74, 6) is -0.383. The van der Waals surface area contributed by atoms with Gasteiger partial charge in [-0.1, -0.05) is 0 Å². The molecule has 0 radical (unpaired) electrons. The quantitative estimate of drug-likeness (QED) is 0.504. The summed E-state index contributed by atoms with van der Waals surface area (Å²) in [5, 5.41) is 2.83. The molecule has 0 atom stereocenters. The molecule has 0 aromatic carbocycles. The van der Waals surface area contributed by atoms with E-state index in [4.69, 9.17) is 15.2 Å². The molecule has 0 heterocycles. The summed E-state index contributed by atoms with van der Waals surface area (Å²) in [4.78, 5) is 10.4. The smallest absolute Gasteiger partial charge is 0.231 e. The summed E-state index contributed by atoms with van der Waals surface area (Å²) in [6.45, 7) is 5.58. The van der Waals surface area contributed by atoms with Crippen molar-refractivity contribution < 1.29 is 14.3 Å². The second-order valence-electron chi connectivity index (χ2n) is 2.44. The number of carbonyl (C=O) groups excluding carboxylic acids is 1. The van der Waals surface area contributed by atoms with E-state index in [1.807, 2.05) is 13.8 Å². The lowest BCUT2D eigenvalue weighted by Crippen LogP contribution is -2.36. The Morgan fingerprint density at radius 3 is 2.31 bits per heavy atom. The Balaban J connectivity index is 3.49. The predicted octanol–water partition coefficient (Wildman–Crippen LogP) is -0.540. The van der Waals surface area contributed by atoms with Crippen molar-refractivity contribution in [2.75, 3.05) is 26.3 Å². The minimum absolute atomic E-state index is 0.149. The van der Waals surface area contributed by atoms with E-state index in [1.54, 1.807) is 0 Å². The molecule has 5 nitrogen and oxygen atoms in total. The normalized spacial score (nSPS) is 10.7. The highest BCUT2D eigenvalue weighted by Crippen LogP contribution is 1.92. The number of nitrogens with two attached hydrogens (primary N) is 1. The number of ether oxygens (including phenoxy) is 2.